The second kappa shape index (κ2) is 5.01. The van der Waals surface area contributed by atoms with Gasteiger partial charge >= 0.3 is 0 Å². The third kappa shape index (κ3) is 2.85. The van der Waals surface area contributed by atoms with Crippen LogP contribution >= 0.6 is 0 Å². The van der Waals surface area contributed by atoms with Crippen LogP contribution in [-0.4, -0.2) is 0 Å². The van der Waals surface area contributed by atoms with Crippen LogP contribution in [0.15, 0.2) is 24.3 Å². The molecule has 0 fully saturated rings. The van der Waals surface area contributed by atoms with E-state index in [-0.39, 0.29) is 11.5 Å². The molecule has 1 nitrogen and oxygen atoms in total. The van der Waals surface area contributed by atoms with Gasteiger partial charge < -0.3 is 5.73 Å². The third-order valence-electron chi connectivity index (χ3n) is 3.68. The number of rotatable bonds is 4. The number of nitrogens with two attached hydrogens (primary N) is 1. The maximum atomic E-state index is 6.13. The molecule has 1 unspecified atom stereocenters. The summed E-state index contributed by atoms with van der Waals surface area (Å²) in [6.45, 7) is 11.1. The van der Waals surface area contributed by atoms with Crippen LogP contribution in [0.4, 0.5) is 0 Å². The second-order valence-electron chi connectivity index (χ2n) is 5.63. The molecule has 0 saturated heterocycles. The van der Waals surface area contributed by atoms with Gasteiger partial charge in [-0.15, -0.1) is 0 Å². The lowest BCUT2D eigenvalue weighted by Crippen LogP contribution is -2.18. The molecule has 0 amide bonds. The van der Waals surface area contributed by atoms with Crippen molar-refractivity contribution in [3.8, 4) is 0 Å². The van der Waals surface area contributed by atoms with Crippen molar-refractivity contribution < 1.29 is 0 Å². The Morgan fingerprint density at radius 1 is 1.12 bits per heavy atom. The summed E-state index contributed by atoms with van der Waals surface area (Å²) in [6.07, 6.45) is 1.16. The summed E-state index contributed by atoms with van der Waals surface area (Å²) >= 11 is 0. The average Bonchev–Trinajstić information content (AvgIpc) is 2.28. The van der Waals surface area contributed by atoms with E-state index in [0.29, 0.717) is 5.92 Å². The maximum Gasteiger partial charge on any atom is 0.0318 e. The van der Waals surface area contributed by atoms with Crippen LogP contribution < -0.4 is 5.73 Å². The minimum Gasteiger partial charge on any atom is -0.324 e. The molecule has 0 spiro atoms. The minimum atomic E-state index is 0.152. The Bertz CT molecular complexity index is 322. The molecule has 0 radical (unpaired) electrons. The lowest BCUT2D eigenvalue weighted by atomic mass is 9.81. The van der Waals surface area contributed by atoms with Gasteiger partial charge in [0.2, 0.25) is 0 Å². The van der Waals surface area contributed by atoms with Crippen LogP contribution in [0.25, 0.3) is 0 Å². The molecule has 90 valence electrons. The number of hydrogen-bond acceptors (Lipinski definition) is 1. The van der Waals surface area contributed by atoms with Crippen molar-refractivity contribution >= 4 is 0 Å². The number of hydrogen-bond donors (Lipinski definition) is 1. The van der Waals surface area contributed by atoms with Gasteiger partial charge in [-0.1, -0.05) is 58.9 Å². The van der Waals surface area contributed by atoms with Crippen molar-refractivity contribution in [2.24, 2.45) is 11.7 Å². The Morgan fingerprint density at radius 3 is 2.00 bits per heavy atom. The van der Waals surface area contributed by atoms with Crippen molar-refractivity contribution in [1.29, 1.82) is 0 Å². The van der Waals surface area contributed by atoms with E-state index in [9.17, 15) is 0 Å². The summed E-state index contributed by atoms with van der Waals surface area (Å²) in [5, 5.41) is 0. The van der Waals surface area contributed by atoms with Gasteiger partial charge in [-0.3, -0.25) is 0 Å². The molecule has 0 heterocycles. The normalized spacial score (nSPS) is 14.2. The van der Waals surface area contributed by atoms with Crippen LogP contribution in [0, 0.1) is 5.92 Å². The topological polar surface area (TPSA) is 26.0 Å². The summed E-state index contributed by atoms with van der Waals surface area (Å²) in [4.78, 5) is 0. The summed E-state index contributed by atoms with van der Waals surface area (Å²) in [5.41, 5.74) is 9.03. The van der Waals surface area contributed by atoms with E-state index in [4.69, 9.17) is 5.73 Å². The Hall–Kier alpha value is -0.820. The fourth-order valence-corrected chi connectivity index (χ4v) is 1.75. The largest absolute Gasteiger partial charge is 0.324 e. The minimum absolute atomic E-state index is 0.152. The first kappa shape index (κ1) is 13.2. The Morgan fingerprint density at radius 2 is 1.62 bits per heavy atom. The van der Waals surface area contributed by atoms with Crippen molar-refractivity contribution in [2.75, 3.05) is 0 Å². The fourth-order valence-electron chi connectivity index (χ4n) is 1.75. The maximum absolute atomic E-state index is 6.13. The second-order valence-corrected chi connectivity index (χ2v) is 5.63. The molecule has 1 atom stereocenters. The van der Waals surface area contributed by atoms with Crippen molar-refractivity contribution in [3.05, 3.63) is 35.4 Å². The van der Waals surface area contributed by atoms with Crippen molar-refractivity contribution in [3.63, 3.8) is 0 Å². The van der Waals surface area contributed by atoms with E-state index in [2.05, 4.69) is 58.9 Å². The molecule has 1 aromatic carbocycles. The first-order valence-corrected chi connectivity index (χ1v) is 6.24. The number of benzene rings is 1. The molecular formula is C15H25N. The van der Waals surface area contributed by atoms with E-state index in [1.54, 1.807) is 0 Å². The van der Waals surface area contributed by atoms with Gasteiger partial charge in [-0.2, -0.15) is 0 Å². The SMILES string of the molecule is CCC(C)(C)c1ccc(C(N)C(C)C)cc1. The van der Waals surface area contributed by atoms with E-state index < -0.39 is 0 Å². The molecule has 0 aliphatic heterocycles. The summed E-state index contributed by atoms with van der Waals surface area (Å²) < 4.78 is 0. The quantitative estimate of drug-likeness (QED) is 0.813. The average molecular weight is 219 g/mol. The highest BCUT2D eigenvalue weighted by Crippen LogP contribution is 2.28. The lowest BCUT2D eigenvalue weighted by Gasteiger charge is -2.24. The molecule has 1 heteroatoms. The highest BCUT2D eigenvalue weighted by molar-refractivity contribution is 5.29. The fraction of sp³-hybridized carbons (Fsp3) is 0.600. The smallest absolute Gasteiger partial charge is 0.0318 e. The zero-order valence-electron chi connectivity index (χ0n) is 11.2. The predicted molar refractivity (Wildman–Crippen MR) is 71.5 cm³/mol. The van der Waals surface area contributed by atoms with Gasteiger partial charge in [-0.25, -0.2) is 0 Å². The van der Waals surface area contributed by atoms with Crippen LogP contribution in [0.3, 0.4) is 0 Å². The molecule has 0 aliphatic carbocycles. The Balaban J connectivity index is 2.91. The zero-order chi connectivity index (χ0) is 12.3. The van der Waals surface area contributed by atoms with E-state index >= 15 is 0 Å². The first-order chi connectivity index (χ1) is 7.38. The van der Waals surface area contributed by atoms with Crippen LogP contribution in [-0.2, 0) is 5.41 Å². The highest BCUT2D eigenvalue weighted by Gasteiger charge is 2.18. The van der Waals surface area contributed by atoms with Crippen LogP contribution in [0.5, 0.6) is 0 Å². The summed E-state index contributed by atoms with van der Waals surface area (Å²) in [7, 11) is 0. The predicted octanol–water partition coefficient (Wildman–Crippen LogP) is 4.03. The van der Waals surface area contributed by atoms with Gasteiger partial charge in [-0.05, 0) is 28.9 Å². The molecule has 0 bridgehead atoms. The molecule has 1 rings (SSSR count). The third-order valence-corrected chi connectivity index (χ3v) is 3.68. The first-order valence-electron chi connectivity index (χ1n) is 6.24. The lowest BCUT2D eigenvalue weighted by molar-refractivity contribution is 0.501. The Labute approximate surface area is 100 Å². The Kier molecular flexibility index (Phi) is 4.15. The monoisotopic (exact) mass is 219 g/mol. The van der Waals surface area contributed by atoms with Gasteiger partial charge in [0.25, 0.3) is 0 Å². The van der Waals surface area contributed by atoms with Crippen molar-refractivity contribution in [1.82, 2.24) is 0 Å². The van der Waals surface area contributed by atoms with Gasteiger partial charge in [0, 0.05) is 6.04 Å². The van der Waals surface area contributed by atoms with Crippen LogP contribution in [0.1, 0.15) is 58.2 Å². The van der Waals surface area contributed by atoms with E-state index in [1.807, 2.05) is 0 Å². The molecule has 0 saturated carbocycles. The molecule has 1 aromatic rings. The molecule has 0 aromatic heterocycles. The van der Waals surface area contributed by atoms with Gasteiger partial charge in [0.15, 0.2) is 0 Å². The van der Waals surface area contributed by atoms with Gasteiger partial charge in [0.05, 0.1) is 0 Å². The van der Waals surface area contributed by atoms with Gasteiger partial charge in [0.1, 0.15) is 0 Å². The summed E-state index contributed by atoms with van der Waals surface area (Å²) in [6, 6.07) is 8.95. The molecule has 2 N–H and O–H groups in total. The standard InChI is InChI=1S/C15H25N/c1-6-15(4,5)13-9-7-12(8-10-13)14(16)11(2)3/h7-11,14H,6,16H2,1-5H3. The highest BCUT2D eigenvalue weighted by atomic mass is 14.6. The molecule has 16 heavy (non-hydrogen) atoms. The molecular weight excluding hydrogens is 194 g/mol. The summed E-state index contributed by atoms with van der Waals surface area (Å²) in [5.74, 6) is 0.491. The van der Waals surface area contributed by atoms with Crippen molar-refractivity contribution in [2.45, 2.75) is 52.5 Å². The van der Waals surface area contributed by atoms with E-state index in [0.717, 1.165) is 6.42 Å². The van der Waals surface area contributed by atoms with E-state index in [1.165, 1.54) is 11.1 Å². The van der Waals surface area contributed by atoms with Crippen LogP contribution in [0.2, 0.25) is 0 Å². The molecule has 0 aliphatic rings. The zero-order valence-corrected chi connectivity index (χ0v) is 11.2.